The van der Waals surface area contributed by atoms with Crippen molar-refractivity contribution in [2.45, 2.75) is 63.5 Å². The fourth-order valence-corrected chi connectivity index (χ4v) is 6.35. The average Bonchev–Trinajstić information content (AvgIpc) is 3.42. The van der Waals surface area contributed by atoms with E-state index in [1.54, 1.807) is 19.1 Å². The quantitative estimate of drug-likeness (QED) is 0.214. The van der Waals surface area contributed by atoms with E-state index in [1.807, 2.05) is 18.2 Å². The molecule has 0 unspecified atom stereocenters. The summed E-state index contributed by atoms with van der Waals surface area (Å²) in [5.41, 5.74) is 2.11. The number of hydrogen-bond acceptors (Lipinski definition) is 8. The summed E-state index contributed by atoms with van der Waals surface area (Å²) in [6.07, 6.45) is 0.176. The van der Waals surface area contributed by atoms with E-state index in [4.69, 9.17) is 21.1 Å². The molecule has 0 spiro atoms. The summed E-state index contributed by atoms with van der Waals surface area (Å²) in [5, 5.41) is 16.8. The van der Waals surface area contributed by atoms with Gasteiger partial charge in [-0.15, -0.1) is 10.2 Å². The highest BCUT2D eigenvalue weighted by Gasteiger charge is 2.45. The van der Waals surface area contributed by atoms with Gasteiger partial charge in [0.1, 0.15) is 11.5 Å². The standard InChI is InChI=1S/C32H28ClF4N7O2/c1-30(21-6-5-19(33)13-22(21)34)45-26-4-2-3-20(27(26)46-30)18-7-11-44(12-8-18)16-25-23(14-31(17-38)9-10-31)40-24(15-39-25)28-41-29(43-42-28)32(35,36)37/h2-6,13,15,18H,7-12,14,16H2,1H3,(H,41,42,43)/t30-/m0/s1. The van der Waals surface area contributed by atoms with Crippen molar-refractivity contribution in [1.29, 1.82) is 5.26 Å². The number of nitrogens with one attached hydrogen (secondary N) is 1. The summed E-state index contributed by atoms with van der Waals surface area (Å²) < 4.78 is 66.5. The molecule has 1 saturated heterocycles. The molecule has 2 aliphatic heterocycles. The van der Waals surface area contributed by atoms with Gasteiger partial charge in [0, 0.05) is 30.5 Å². The maximum absolute atomic E-state index is 14.8. The molecule has 2 aromatic heterocycles. The van der Waals surface area contributed by atoms with Gasteiger partial charge in [-0.1, -0.05) is 23.7 Å². The molecule has 1 N–H and O–H groups in total. The van der Waals surface area contributed by atoms with Gasteiger partial charge in [0.2, 0.25) is 5.82 Å². The first-order valence-electron chi connectivity index (χ1n) is 14.9. The molecule has 14 heteroatoms. The summed E-state index contributed by atoms with van der Waals surface area (Å²) in [5.74, 6) is -1.86. The van der Waals surface area contributed by atoms with Crippen LogP contribution >= 0.6 is 11.6 Å². The Hall–Kier alpha value is -4.28. The van der Waals surface area contributed by atoms with Crippen LogP contribution in [-0.2, 0) is 24.9 Å². The van der Waals surface area contributed by atoms with Crippen LogP contribution in [0, 0.1) is 22.6 Å². The Morgan fingerprint density at radius 1 is 1.11 bits per heavy atom. The van der Waals surface area contributed by atoms with Gasteiger partial charge in [-0.2, -0.15) is 18.4 Å². The highest BCUT2D eigenvalue weighted by molar-refractivity contribution is 6.30. The summed E-state index contributed by atoms with van der Waals surface area (Å²) in [4.78, 5) is 13.6. The predicted molar refractivity (Wildman–Crippen MR) is 157 cm³/mol. The summed E-state index contributed by atoms with van der Waals surface area (Å²) in [6.45, 7) is 3.63. The Morgan fingerprint density at radius 3 is 2.57 bits per heavy atom. The maximum atomic E-state index is 14.8. The zero-order valence-electron chi connectivity index (χ0n) is 24.7. The molecule has 46 heavy (non-hydrogen) atoms. The monoisotopic (exact) mass is 653 g/mol. The number of aromatic nitrogens is 5. The normalized spacial score (nSPS) is 20.9. The van der Waals surface area contributed by atoms with Crippen molar-refractivity contribution in [1.82, 2.24) is 30.0 Å². The van der Waals surface area contributed by atoms with E-state index in [2.05, 4.69) is 36.1 Å². The van der Waals surface area contributed by atoms with Crippen LogP contribution in [0.15, 0.2) is 42.6 Å². The zero-order valence-corrected chi connectivity index (χ0v) is 25.4. The van der Waals surface area contributed by atoms with Crippen molar-refractivity contribution in [2.75, 3.05) is 13.1 Å². The number of halogens is 5. The summed E-state index contributed by atoms with van der Waals surface area (Å²) in [7, 11) is 0. The molecular weight excluding hydrogens is 626 g/mol. The number of fused-ring (bicyclic) bond motifs is 1. The molecule has 4 heterocycles. The molecule has 1 aliphatic carbocycles. The van der Waals surface area contributed by atoms with Crippen molar-refractivity contribution < 1.29 is 27.0 Å². The molecular formula is C32H28ClF4N7O2. The molecule has 4 aromatic rings. The second kappa shape index (κ2) is 11.2. The van der Waals surface area contributed by atoms with Gasteiger partial charge >= 0.3 is 6.18 Å². The average molecular weight is 654 g/mol. The van der Waals surface area contributed by atoms with Crippen molar-refractivity contribution >= 4 is 11.6 Å². The summed E-state index contributed by atoms with van der Waals surface area (Å²) in [6, 6.07) is 12.5. The first-order chi connectivity index (χ1) is 22.0. The second-order valence-corrected chi connectivity index (χ2v) is 12.7. The molecule has 7 rings (SSSR count). The minimum absolute atomic E-state index is 0.133. The number of H-pyrrole nitrogens is 1. The number of para-hydroxylation sites is 1. The second-order valence-electron chi connectivity index (χ2n) is 12.2. The van der Waals surface area contributed by atoms with Crippen LogP contribution in [0.3, 0.4) is 0 Å². The smallest absolute Gasteiger partial charge is 0.444 e. The van der Waals surface area contributed by atoms with Gasteiger partial charge in [0.05, 0.1) is 34.6 Å². The Labute approximate surface area is 266 Å². The van der Waals surface area contributed by atoms with Crippen LogP contribution in [0.2, 0.25) is 5.02 Å². The van der Waals surface area contributed by atoms with Gasteiger partial charge in [-0.25, -0.2) is 9.37 Å². The van der Waals surface area contributed by atoms with Crippen LogP contribution < -0.4 is 9.47 Å². The van der Waals surface area contributed by atoms with Crippen LogP contribution in [0.4, 0.5) is 17.6 Å². The van der Waals surface area contributed by atoms with Gasteiger partial charge < -0.3 is 14.5 Å². The molecule has 0 bridgehead atoms. The SMILES string of the molecule is C[C@]1(c2ccc(Cl)cc2F)Oc2cccc(C3CCN(Cc4ncc(-c5nnc(C(F)(F)F)[nH]5)nc4CC4(C#N)CC4)CC3)c2O1. The van der Waals surface area contributed by atoms with Crippen LogP contribution in [0.5, 0.6) is 11.5 Å². The lowest BCUT2D eigenvalue weighted by atomic mass is 9.88. The largest absolute Gasteiger partial charge is 0.451 e. The van der Waals surface area contributed by atoms with E-state index in [-0.39, 0.29) is 28.0 Å². The number of rotatable bonds is 7. The Bertz CT molecular complexity index is 1850. The highest BCUT2D eigenvalue weighted by Crippen LogP contribution is 2.50. The van der Waals surface area contributed by atoms with Crippen molar-refractivity contribution in [2.24, 2.45) is 5.41 Å². The molecule has 2 aromatic carbocycles. The van der Waals surface area contributed by atoms with Crippen molar-refractivity contribution in [3.63, 3.8) is 0 Å². The molecule has 0 radical (unpaired) electrons. The van der Waals surface area contributed by atoms with Crippen LogP contribution in [-0.4, -0.2) is 43.1 Å². The van der Waals surface area contributed by atoms with Crippen LogP contribution in [0.25, 0.3) is 11.5 Å². The summed E-state index contributed by atoms with van der Waals surface area (Å²) >= 11 is 5.95. The number of nitriles is 1. The lowest BCUT2D eigenvalue weighted by Gasteiger charge is -2.32. The molecule has 238 valence electrons. The number of likely N-dealkylation sites (tertiary alicyclic amines) is 1. The lowest BCUT2D eigenvalue weighted by molar-refractivity contribution is -0.144. The Balaban J connectivity index is 1.07. The molecule has 1 atom stereocenters. The van der Waals surface area contributed by atoms with E-state index in [9.17, 15) is 22.8 Å². The fourth-order valence-electron chi connectivity index (χ4n) is 6.20. The Kier molecular flexibility index (Phi) is 7.40. The first kappa shape index (κ1) is 30.4. The van der Waals surface area contributed by atoms with E-state index < -0.39 is 29.0 Å². The first-order valence-corrected chi connectivity index (χ1v) is 15.3. The van der Waals surface area contributed by atoms with E-state index >= 15 is 0 Å². The number of piperidine rings is 1. The third kappa shape index (κ3) is 5.76. The third-order valence-electron chi connectivity index (χ3n) is 8.96. The molecule has 9 nitrogen and oxygen atoms in total. The predicted octanol–water partition coefficient (Wildman–Crippen LogP) is 6.94. The number of alkyl halides is 3. The van der Waals surface area contributed by atoms with Crippen molar-refractivity contribution in [3.8, 4) is 29.1 Å². The minimum Gasteiger partial charge on any atom is -0.444 e. The zero-order chi connectivity index (χ0) is 32.3. The van der Waals surface area contributed by atoms with Crippen molar-refractivity contribution in [3.05, 3.63) is 81.8 Å². The fraction of sp³-hybridized carbons (Fsp3) is 0.406. The van der Waals surface area contributed by atoms with Gasteiger partial charge in [-0.3, -0.25) is 9.88 Å². The molecule has 1 saturated carbocycles. The van der Waals surface area contributed by atoms with E-state index in [0.29, 0.717) is 35.9 Å². The van der Waals surface area contributed by atoms with E-state index in [1.165, 1.54) is 12.3 Å². The van der Waals surface area contributed by atoms with Gasteiger partial charge in [-0.05, 0) is 69.0 Å². The third-order valence-corrected chi connectivity index (χ3v) is 9.19. The number of benzene rings is 2. The number of hydrogen-bond donors (Lipinski definition) is 1. The maximum Gasteiger partial charge on any atom is 0.451 e. The van der Waals surface area contributed by atoms with Gasteiger partial charge in [0.15, 0.2) is 17.3 Å². The van der Waals surface area contributed by atoms with Gasteiger partial charge in [0.25, 0.3) is 5.79 Å². The molecule has 0 amide bonds. The number of nitrogens with zero attached hydrogens (tertiary/aromatic N) is 6. The van der Waals surface area contributed by atoms with Crippen LogP contribution in [0.1, 0.15) is 66.9 Å². The Morgan fingerprint density at radius 2 is 1.89 bits per heavy atom. The molecule has 2 fully saturated rings. The highest BCUT2D eigenvalue weighted by atomic mass is 35.5. The topological polar surface area (TPSA) is 113 Å². The minimum atomic E-state index is -4.67. The lowest BCUT2D eigenvalue weighted by Crippen LogP contribution is -2.34. The van der Waals surface area contributed by atoms with E-state index in [0.717, 1.165) is 44.3 Å². The number of aromatic amines is 1. The number of ether oxygens (including phenoxy) is 2. The molecule has 3 aliphatic rings.